The summed E-state index contributed by atoms with van der Waals surface area (Å²) in [7, 11) is 0. The van der Waals surface area contributed by atoms with Crippen molar-refractivity contribution in [2.45, 2.75) is 64.7 Å². The highest BCUT2D eigenvalue weighted by atomic mass is 16.5. The van der Waals surface area contributed by atoms with Crippen molar-refractivity contribution in [1.29, 1.82) is 0 Å². The highest BCUT2D eigenvalue weighted by Gasteiger charge is 2.41. The quantitative estimate of drug-likeness (QED) is 0.557. The van der Waals surface area contributed by atoms with Gasteiger partial charge in [0.25, 0.3) is 0 Å². The second kappa shape index (κ2) is 5.03. The molecule has 0 aromatic heterocycles. The maximum Gasteiger partial charge on any atom is 0.0597 e. The average Bonchev–Trinajstić information content (AvgIpc) is 3.02. The van der Waals surface area contributed by atoms with Crippen molar-refractivity contribution in [2.75, 3.05) is 0 Å². The summed E-state index contributed by atoms with van der Waals surface area (Å²) < 4.78 is 5.90. The SMILES string of the molecule is CC1OC(C)C(C(CCC2CC2)NN)C1C. The Bertz CT molecular complexity index is 230. The summed E-state index contributed by atoms with van der Waals surface area (Å²) in [6.07, 6.45) is 6.11. The van der Waals surface area contributed by atoms with Crippen molar-refractivity contribution in [3.05, 3.63) is 0 Å². The van der Waals surface area contributed by atoms with Gasteiger partial charge in [0, 0.05) is 12.0 Å². The first-order valence-corrected chi connectivity index (χ1v) is 6.75. The molecule has 0 aromatic carbocycles. The zero-order chi connectivity index (χ0) is 11.7. The van der Waals surface area contributed by atoms with Crippen molar-refractivity contribution in [3.8, 4) is 0 Å². The molecule has 5 atom stereocenters. The van der Waals surface area contributed by atoms with Gasteiger partial charge in [0.1, 0.15) is 0 Å². The van der Waals surface area contributed by atoms with Crippen molar-refractivity contribution >= 4 is 0 Å². The van der Waals surface area contributed by atoms with E-state index in [1.807, 2.05) is 0 Å². The minimum absolute atomic E-state index is 0.338. The Labute approximate surface area is 99.1 Å². The fourth-order valence-electron chi connectivity index (χ4n) is 3.20. The van der Waals surface area contributed by atoms with Crippen LogP contribution < -0.4 is 11.3 Å². The van der Waals surface area contributed by atoms with Gasteiger partial charge >= 0.3 is 0 Å². The van der Waals surface area contributed by atoms with Crippen LogP contribution in [0.25, 0.3) is 0 Å². The van der Waals surface area contributed by atoms with E-state index in [1.165, 1.54) is 25.7 Å². The van der Waals surface area contributed by atoms with Crippen LogP contribution in [0.5, 0.6) is 0 Å². The Morgan fingerprint density at radius 2 is 1.94 bits per heavy atom. The first-order chi connectivity index (χ1) is 7.63. The standard InChI is InChI=1S/C13H26N2O/c1-8-9(2)16-10(3)13(8)12(15-14)7-6-11-4-5-11/h8-13,15H,4-7,14H2,1-3H3. The van der Waals surface area contributed by atoms with Crippen LogP contribution in [0.4, 0.5) is 0 Å². The zero-order valence-corrected chi connectivity index (χ0v) is 10.8. The van der Waals surface area contributed by atoms with Gasteiger partial charge in [0.2, 0.25) is 0 Å². The van der Waals surface area contributed by atoms with Gasteiger partial charge in [-0.3, -0.25) is 11.3 Å². The predicted octanol–water partition coefficient (Wildman–Crippen LogP) is 2.07. The fourth-order valence-corrected chi connectivity index (χ4v) is 3.20. The van der Waals surface area contributed by atoms with E-state index in [0.717, 1.165) is 5.92 Å². The second-order valence-electron chi connectivity index (χ2n) is 5.78. The van der Waals surface area contributed by atoms with Crippen molar-refractivity contribution in [3.63, 3.8) is 0 Å². The van der Waals surface area contributed by atoms with Crippen LogP contribution in [0.3, 0.4) is 0 Å². The number of nitrogens with two attached hydrogens (primary N) is 1. The fraction of sp³-hybridized carbons (Fsp3) is 1.00. The lowest BCUT2D eigenvalue weighted by atomic mass is 9.81. The van der Waals surface area contributed by atoms with Gasteiger partial charge in [-0.25, -0.2) is 0 Å². The topological polar surface area (TPSA) is 47.3 Å². The molecule has 2 aliphatic rings. The molecule has 3 N–H and O–H groups in total. The largest absolute Gasteiger partial charge is 0.375 e. The molecule has 1 heterocycles. The molecular weight excluding hydrogens is 200 g/mol. The molecule has 94 valence electrons. The predicted molar refractivity (Wildman–Crippen MR) is 65.7 cm³/mol. The van der Waals surface area contributed by atoms with Gasteiger partial charge in [0.05, 0.1) is 12.2 Å². The van der Waals surface area contributed by atoms with Gasteiger partial charge < -0.3 is 4.74 Å². The third kappa shape index (κ3) is 2.58. The zero-order valence-electron chi connectivity index (χ0n) is 10.8. The van der Waals surface area contributed by atoms with Crippen LogP contribution in [0.1, 0.15) is 46.5 Å². The molecule has 1 saturated heterocycles. The minimum Gasteiger partial charge on any atom is -0.375 e. The molecule has 0 spiro atoms. The normalized spacial score (nSPS) is 41.2. The van der Waals surface area contributed by atoms with E-state index < -0.39 is 0 Å². The summed E-state index contributed by atoms with van der Waals surface area (Å²) in [6.45, 7) is 6.65. The molecule has 2 rings (SSSR count). The molecule has 1 aliphatic heterocycles. The van der Waals surface area contributed by atoms with Crippen LogP contribution in [0, 0.1) is 17.8 Å². The molecule has 3 heteroatoms. The monoisotopic (exact) mass is 226 g/mol. The van der Waals surface area contributed by atoms with Crippen LogP contribution in [0.15, 0.2) is 0 Å². The van der Waals surface area contributed by atoms with E-state index in [9.17, 15) is 0 Å². The van der Waals surface area contributed by atoms with Gasteiger partial charge in [-0.2, -0.15) is 0 Å². The highest BCUT2D eigenvalue weighted by molar-refractivity contribution is 4.91. The van der Waals surface area contributed by atoms with Gasteiger partial charge in [-0.05, 0) is 38.5 Å². The molecule has 1 aliphatic carbocycles. The number of nitrogens with one attached hydrogen (secondary N) is 1. The van der Waals surface area contributed by atoms with Crippen LogP contribution in [-0.2, 0) is 4.74 Å². The number of rotatable bonds is 5. The summed E-state index contributed by atoms with van der Waals surface area (Å²) in [6, 6.07) is 0.426. The summed E-state index contributed by atoms with van der Waals surface area (Å²) >= 11 is 0. The first kappa shape index (κ1) is 12.3. The summed E-state index contributed by atoms with van der Waals surface area (Å²) in [5, 5.41) is 0. The summed E-state index contributed by atoms with van der Waals surface area (Å²) in [5.41, 5.74) is 3.03. The lowest BCUT2D eigenvalue weighted by molar-refractivity contribution is 0.0470. The van der Waals surface area contributed by atoms with E-state index in [4.69, 9.17) is 10.6 Å². The molecule has 0 amide bonds. The molecule has 16 heavy (non-hydrogen) atoms. The van der Waals surface area contributed by atoms with E-state index in [-0.39, 0.29) is 0 Å². The van der Waals surface area contributed by atoms with Crippen LogP contribution in [0.2, 0.25) is 0 Å². The van der Waals surface area contributed by atoms with E-state index in [2.05, 4.69) is 26.2 Å². The van der Waals surface area contributed by atoms with E-state index in [1.54, 1.807) is 0 Å². The smallest absolute Gasteiger partial charge is 0.0597 e. The maximum absolute atomic E-state index is 5.90. The van der Waals surface area contributed by atoms with Crippen molar-refractivity contribution in [1.82, 2.24) is 5.43 Å². The number of hydrazine groups is 1. The highest BCUT2D eigenvalue weighted by Crippen LogP contribution is 2.38. The van der Waals surface area contributed by atoms with Gasteiger partial charge in [0.15, 0.2) is 0 Å². The average molecular weight is 226 g/mol. The second-order valence-corrected chi connectivity index (χ2v) is 5.78. The molecule has 1 saturated carbocycles. The van der Waals surface area contributed by atoms with Gasteiger partial charge in [-0.1, -0.05) is 19.8 Å². The van der Waals surface area contributed by atoms with Crippen LogP contribution in [-0.4, -0.2) is 18.2 Å². The Morgan fingerprint density at radius 1 is 1.25 bits per heavy atom. The Morgan fingerprint density at radius 3 is 2.38 bits per heavy atom. The summed E-state index contributed by atoms with van der Waals surface area (Å²) in [4.78, 5) is 0. The minimum atomic E-state index is 0.338. The van der Waals surface area contributed by atoms with E-state index >= 15 is 0 Å². The summed E-state index contributed by atoms with van der Waals surface area (Å²) in [5.74, 6) is 7.89. The number of hydrogen-bond donors (Lipinski definition) is 2. The first-order valence-electron chi connectivity index (χ1n) is 6.75. The lowest BCUT2D eigenvalue weighted by Crippen LogP contribution is -2.45. The molecular formula is C13H26N2O. The third-order valence-electron chi connectivity index (χ3n) is 4.58. The molecule has 5 unspecified atom stereocenters. The van der Waals surface area contributed by atoms with E-state index in [0.29, 0.717) is 30.1 Å². The lowest BCUT2D eigenvalue weighted by Gasteiger charge is -2.28. The van der Waals surface area contributed by atoms with Crippen molar-refractivity contribution < 1.29 is 4.74 Å². The molecule has 0 bridgehead atoms. The molecule has 0 aromatic rings. The van der Waals surface area contributed by atoms with Crippen molar-refractivity contribution in [2.24, 2.45) is 23.6 Å². The maximum atomic E-state index is 5.90. The number of ether oxygens (including phenoxy) is 1. The molecule has 3 nitrogen and oxygen atoms in total. The Hall–Kier alpha value is -0.120. The molecule has 0 radical (unpaired) electrons. The Kier molecular flexibility index (Phi) is 3.88. The molecule has 2 fully saturated rings. The Balaban J connectivity index is 1.90. The van der Waals surface area contributed by atoms with Crippen LogP contribution >= 0.6 is 0 Å². The number of hydrogen-bond acceptors (Lipinski definition) is 3. The van der Waals surface area contributed by atoms with Gasteiger partial charge in [-0.15, -0.1) is 0 Å². The third-order valence-corrected chi connectivity index (χ3v) is 4.58.